The summed E-state index contributed by atoms with van der Waals surface area (Å²) in [6.07, 6.45) is 0.309. The maximum absolute atomic E-state index is 12.9. The van der Waals surface area contributed by atoms with Crippen LogP contribution in [0.4, 0.5) is 0 Å². The van der Waals surface area contributed by atoms with Gasteiger partial charge in [0.05, 0.1) is 24.8 Å². The molecule has 0 bridgehead atoms. The van der Waals surface area contributed by atoms with Gasteiger partial charge in [-0.3, -0.25) is 9.59 Å². The predicted molar refractivity (Wildman–Crippen MR) is 125 cm³/mol. The van der Waals surface area contributed by atoms with Gasteiger partial charge in [0.15, 0.2) is 0 Å². The van der Waals surface area contributed by atoms with Crippen molar-refractivity contribution >= 4 is 28.4 Å². The van der Waals surface area contributed by atoms with Crippen LogP contribution >= 0.6 is 11.6 Å². The molecule has 0 aliphatic carbocycles. The number of H-pyrrole nitrogens is 1. The van der Waals surface area contributed by atoms with Gasteiger partial charge in [0, 0.05) is 23.1 Å². The Morgan fingerprint density at radius 3 is 2.61 bits per heavy atom. The fourth-order valence-corrected chi connectivity index (χ4v) is 3.92. The zero-order valence-corrected chi connectivity index (χ0v) is 19.1. The summed E-state index contributed by atoms with van der Waals surface area (Å²) in [4.78, 5) is 28.4. The van der Waals surface area contributed by atoms with Gasteiger partial charge in [0.25, 0.3) is 11.5 Å². The van der Waals surface area contributed by atoms with Crippen molar-refractivity contribution in [3.8, 4) is 22.8 Å². The number of ether oxygens (including phenoxy) is 2. The van der Waals surface area contributed by atoms with Crippen molar-refractivity contribution in [3.63, 3.8) is 0 Å². The first-order chi connectivity index (χ1) is 15.9. The molecule has 4 aromatic rings. The maximum atomic E-state index is 12.9. The van der Waals surface area contributed by atoms with Gasteiger partial charge in [0.2, 0.25) is 0 Å². The fraction of sp³-hybridized carbons (Fsp3) is 0.208. The number of methoxy groups -OCH3 is 2. The topological polar surface area (TPSA) is 106 Å². The first-order valence-corrected chi connectivity index (χ1v) is 10.6. The molecule has 0 atom stereocenters. The number of nitrogens with one attached hydrogen (secondary N) is 2. The first kappa shape index (κ1) is 22.4. The summed E-state index contributed by atoms with van der Waals surface area (Å²) in [5.41, 5.74) is 2.08. The van der Waals surface area contributed by atoms with E-state index in [4.69, 9.17) is 25.6 Å². The van der Waals surface area contributed by atoms with Gasteiger partial charge in [-0.15, -0.1) is 0 Å². The lowest BCUT2D eigenvalue weighted by Gasteiger charge is -2.11. The van der Waals surface area contributed by atoms with Gasteiger partial charge >= 0.3 is 0 Å². The van der Waals surface area contributed by atoms with Crippen LogP contribution in [0.2, 0.25) is 5.02 Å². The van der Waals surface area contributed by atoms with E-state index in [1.54, 1.807) is 50.4 Å². The Morgan fingerprint density at radius 2 is 1.88 bits per heavy atom. The van der Waals surface area contributed by atoms with Crippen molar-refractivity contribution in [1.29, 1.82) is 0 Å². The minimum absolute atomic E-state index is 0.228. The molecular weight excluding hydrogens is 446 g/mol. The van der Waals surface area contributed by atoms with E-state index in [0.717, 1.165) is 0 Å². The maximum Gasteiger partial charge on any atom is 0.257 e. The molecule has 0 saturated carbocycles. The molecule has 0 saturated heterocycles. The molecule has 0 fully saturated rings. The third-order valence-corrected chi connectivity index (χ3v) is 5.68. The average Bonchev–Trinajstić information content (AvgIpc) is 3.20. The van der Waals surface area contributed by atoms with E-state index in [9.17, 15) is 9.59 Å². The lowest BCUT2D eigenvalue weighted by molar-refractivity contribution is 0.0953. The Hall–Kier alpha value is -3.78. The van der Waals surface area contributed by atoms with Gasteiger partial charge in [-0.05, 0) is 37.6 Å². The van der Waals surface area contributed by atoms with Crippen LogP contribution in [-0.2, 0) is 6.42 Å². The van der Waals surface area contributed by atoms with E-state index in [1.165, 1.54) is 7.11 Å². The van der Waals surface area contributed by atoms with Crippen LogP contribution in [-0.4, -0.2) is 36.8 Å². The number of aromatic nitrogens is 2. The third-order valence-electron chi connectivity index (χ3n) is 5.35. The van der Waals surface area contributed by atoms with Crippen LogP contribution in [0.25, 0.3) is 22.2 Å². The smallest absolute Gasteiger partial charge is 0.257 e. The number of carbonyl (C=O) groups excluding carboxylic acids is 1. The second kappa shape index (κ2) is 9.38. The summed E-state index contributed by atoms with van der Waals surface area (Å²) in [7, 11) is 3.09. The van der Waals surface area contributed by atoms with Crippen LogP contribution in [0, 0.1) is 6.92 Å². The highest BCUT2D eigenvalue weighted by Crippen LogP contribution is 2.32. The summed E-state index contributed by atoms with van der Waals surface area (Å²) in [6.45, 7) is 1.89. The summed E-state index contributed by atoms with van der Waals surface area (Å²) < 4.78 is 16.0. The number of hydrogen-bond donors (Lipinski definition) is 2. The average molecular weight is 468 g/mol. The molecule has 2 aromatic heterocycles. The predicted octanol–water partition coefficient (Wildman–Crippen LogP) is 4.13. The zero-order valence-electron chi connectivity index (χ0n) is 18.3. The molecule has 33 heavy (non-hydrogen) atoms. The van der Waals surface area contributed by atoms with Crippen LogP contribution in [0.1, 0.15) is 21.7 Å². The number of nitrogens with zero attached hydrogens (tertiary/aromatic N) is 1. The summed E-state index contributed by atoms with van der Waals surface area (Å²) >= 11 is 6.27. The Morgan fingerprint density at radius 1 is 1.15 bits per heavy atom. The number of fused-ring (bicyclic) bond motifs is 1. The first-order valence-electron chi connectivity index (χ1n) is 10.2. The number of pyridine rings is 1. The highest BCUT2D eigenvalue weighted by molar-refractivity contribution is 6.33. The number of aromatic amines is 1. The number of amides is 1. The monoisotopic (exact) mass is 467 g/mol. The highest BCUT2D eigenvalue weighted by atomic mass is 35.5. The summed E-state index contributed by atoms with van der Waals surface area (Å²) in [5.74, 6) is 1.16. The van der Waals surface area contributed by atoms with E-state index in [1.807, 2.05) is 6.07 Å². The number of hydrogen-bond acceptors (Lipinski definition) is 6. The third kappa shape index (κ3) is 4.29. The number of aryl methyl sites for hydroxylation is 1. The van der Waals surface area contributed by atoms with Crippen LogP contribution in [0.3, 0.4) is 0 Å². The van der Waals surface area contributed by atoms with Crippen molar-refractivity contribution in [3.05, 3.63) is 74.7 Å². The van der Waals surface area contributed by atoms with Crippen LogP contribution in [0.15, 0.2) is 51.8 Å². The Kier molecular flexibility index (Phi) is 6.37. The van der Waals surface area contributed by atoms with E-state index in [0.29, 0.717) is 62.0 Å². The van der Waals surface area contributed by atoms with E-state index < -0.39 is 0 Å². The number of rotatable bonds is 7. The van der Waals surface area contributed by atoms with E-state index >= 15 is 0 Å². The standard InChI is InChI=1S/C24H22ClN3O5/c1-13-20(22(28-33-13)15-6-4-5-7-17(15)25)24(30)26-11-10-14-12-16-18(31-2)8-9-19(32-3)21(16)27-23(14)29/h4-9,12H,10-11H2,1-3H3,(H,26,30)(H,27,29). The lowest BCUT2D eigenvalue weighted by Crippen LogP contribution is -2.28. The molecule has 0 aliphatic heterocycles. The van der Waals surface area contributed by atoms with Gasteiger partial charge in [-0.2, -0.15) is 0 Å². The fourth-order valence-electron chi connectivity index (χ4n) is 3.70. The number of benzene rings is 2. The van der Waals surface area contributed by atoms with E-state index in [-0.39, 0.29) is 18.0 Å². The minimum atomic E-state index is -0.361. The van der Waals surface area contributed by atoms with Crippen molar-refractivity contribution in [2.24, 2.45) is 0 Å². The normalized spacial score (nSPS) is 10.9. The van der Waals surface area contributed by atoms with E-state index in [2.05, 4.69) is 15.5 Å². The van der Waals surface area contributed by atoms with Crippen molar-refractivity contribution in [2.45, 2.75) is 13.3 Å². The molecule has 2 N–H and O–H groups in total. The second-order valence-electron chi connectivity index (χ2n) is 7.33. The SMILES string of the molecule is COc1ccc(OC)c2[nH]c(=O)c(CCNC(=O)c3c(-c4ccccc4Cl)noc3C)cc12. The quantitative estimate of drug-likeness (QED) is 0.423. The molecular formula is C24H22ClN3O5. The second-order valence-corrected chi connectivity index (χ2v) is 7.74. The van der Waals surface area contributed by atoms with Crippen molar-refractivity contribution in [1.82, 2.24) is 15.5 Å². The minimum Gasteiger partial charge on any atom is -0.496 e. The van der Waals surface area contributed by atoms with Crippen LogP contribution < -0.4 is 20.3 Å². The van der Waals surface area contributed by atoms with Gasteiger partial charge < -0.3 is 24.3 Å². The molecule has 0 radical (unpaired) electrons. The molecule has 0 aliphatic rings. The Labute approximate surface area is 194 Å². The molecule has 2 aromatic carbocycles. The largest absolute Gasteiger partial charge is 0.496 e. The van der Waals surface area contributed by atoms with Crippen molar-refractivity contribution < 1.29 is 18.8 Å². The molecule has 0 unspecified atom stereocenters. The molecule has 1 amide bonds. The number of carbonyl (C=O) groups is 1. The Bertz CT molecular complexity index is 1390. The molecule has 9 heteroatoms. The van der Waals surface area contributed by atoms with Crippen LogP contribution in [0.5, 0.6) is 11.5 Å². The van der Waals surface area contributed by atoms with Crippen molar-refractivity contribution in [2.75, 3.05) is 20.8 Å². The summed E-state index contributed by atoms with van der Waals surface area (Å²) in [5, 5.41) is 8.04. The lowest BCUT2D eigenvalue weighted by atomic mass is 10.1. The zero-order chi connectivity index (χ0) is 23.5. The molecule has 0 spiro atoms. The molecule has 8 nitrogen and oxygen atoms in total. The van der Waals surface area contributed by atoms with Gasteiger partial charge in [-0.25, -0.2) is 0 Å². The molecule has 170 valence electrons. The highest BCUT2D eigenvalue weighted by Gasteiger charge is 2.23. The number of halogens is 1. The van der Waals surface area contributed by atoms with Gasteiger partial charge in [-0.1, -0.05) is 35.0 Å². The molecule has 2 heterocycles. The molecule has 4 rings (SSSR count). The summed E-state index contributed by atoms with van der Waals surface area (Å²) in [6, 6.07) is 12.4. The Balaban J connectivity index is 1.56. The van der Waals surface area contributed by atoms with Gasteiger partial charge in [0.1, 0.15) is 28.5 Å².